The minimum Gasteiger partial charge on any atom is -0.484 e. The second kappa shape index (κ2) is 6.81. The molecule has 5 nitrogen and oxygen atoms in total. The largest absolute Gasteiger partial charge is 0.484 e. The highest BCUT2D eigenvalue weighted by Gasteiger charge is 2.13. The molecular formula is C16H10Cl2N2O3. The van der Waals surface area contributed by atoms with Gasteiger partial charge in [-0.3, -0.25) is 4.79 Å². The Balaban J connectivity index is 1.74. The fraction of sp³-hybridized carbons (Fsp3) is 0.0625. The maximum atomic E-state index is 10.7. The Morgan fingerprint density at radius 1 is 1.17 bits per heavy atom. The Kier molecular flexibility index (Phi) is 4.60. The van der Waals surface area contributed by atoms with Gasteiger partial charge in [0.1, 0.15) is 12.0 Å². The van der Waals surface area contributed by atoms with E-state index in [1.54, 1.807) is 42.5 Å². The van der Waals surface area contributed by atoms with Gasteiger partial charge in [0.2, 0.25) is 5.82 Å². The van der Waals surface area contributed by atoms with Crippen molar-refractivity contribution in [2.24, 2.45) is 0 Å². The van der Waals surface area contributed by atoms with Crippen molar-refractivity contribution in [1.29, 1.82) is 0 Å². The summed E-state index contributed by atoms with van der Waals surface area (Å²) in [5.41, 5.74) is 1.11. The average molecular weight is 349 g/mol. The van der Waals surface area contributed by atoms with Gasteiger partial charge in [0.25, 0.3) is 5.89 Å². The molecule has 0 saturated heterocycles. The molecule has 0 saturated carbocycles. The molecular weight excluding hydrogens is 339 g/mol. The van der Waals surface area contributed by atoms with Crippen LogP contribution in [0.15, 0.2) is 47.0 Å². The van der Waals surface area contributed by atoms with Gasteiger partial charge in [-0.1, -0.05) is 40.5 Å². The number of hydrogen-bond donors (Lipinski definition) is 0. The van der Waals surface area contributed by atoms with Crippen LogP contribution in [0.5, 0.6) is 5.75 Å². The number of benzene rings is 2. The number of halogens is 2. The zero-order chi connectivity index (χ0) is 16.2. The van der Waals surface area contributed by atoms with Crippen LogP contribution in [0.2, 0.25) is 10.0 Å². The summed E-state index contributed by atoms with van der Waals surface area (Å²) in [6.45, 7) is 0.0769. The molecule has 0 aliphatic carbocycles. The van der Waals surface area contributed by atoms with Gasteiger partial charge in [-0.05, 0) is 30.3 Å². The molecule has 0 N–H and O–H groups in total. The topological polar surface area (TPSA) is 65.2 Å². The lowest BCUT2D eigenvalue weighted by Crippen LogP contribution is -1.96. The summed E-state index contributed by atoms with van der Waals surface area (Å²) in [4.78, 5) is 15.0. The van der Waals surface area contributed by atoms with E-state index in [2.05, 4.69) is 10.1 Å². The molecule has 0 unspecified atom stereocenters. The molecule has 0 atom stereocenters. The summed E-state index contributed by atoms with van der Waals surface area (Å²) in [5.74, 6) is 1.15. The molecule has 0 radical (unpaired) electrons. The molecule has 7 heteroatoms. The number of carbonyl (C=O) groups is 1. The van der Waals surface area contributed by atoms with E-state index in [4.69, 9.17) is 32.5 Å². The maximum Gasteiger partial charge on any atom is 0.264 e. The Hall–Kier alpha value is -2.37. The molecule has 116 valence electrons. The van der Waals surface area contributed by atoms with Crippen molar-refractivity contribution < 1.29 is 14.1 Å². The Labute approximate surface area is 141 Å². The van der Waals surface area contributed by atoms with Gasteiger partial charge in [0, 0.05) is 16.1 Å². The minimum absolute atomic E-state index is 0.0769. The molecule has 0 bridgehead atoms. The highest BCUT2D eigenvalue weighted by molar-refractivity contribution is 6.35. The summed E-state index contributed by atoms with van der Waals surface area (Å²) >= 11 is 12.0. The monoisotopic (exact) mass is 348 g/mol. The third-order valence-corrected chi connectivity index (χ3v) is 3.56. The first-order valence-electron chi connectivity index (χ1n) is 6.62. The number of rotatable bonds is 5. The van der Waals surface area contributed by atoms with E-state index in [1.807, 2.05) is 0 Å². The fourth-order valence-corrected chi connectivity index (χ4v) is 2.29. The number of aromatic nitrogens is 2. The van der Waals surface area contributed by atoms with Gasteiger partial charge in [-0.15, -0.1) is 0 Å². The van der Waals surface area contributed by atoms with Gasteiger partial charge in [0.05, 0.1) is 5.02 Å². The number of ether oxygens (including phenoxy) is 1. The van der Waals surface area contributed by atoms with Crippen LogP contribution in [0.25, 0.3) is 11.4 Å². The third kappa shape index (κ3) is 3.70. The Morgan fingerprint density at radius 3 is 2.87 bits per heavy atom. The quantitative estimate of drug-likeness (QED) is 0.638. The standard InChI is InChI=1S/C16H10Cl2N2O3/c17-11-4-5-14(18)13(7-11)16-19-15(23-20-16)9-22-12-3-1-2-10(6-12)8-21/h1-8H,9H2. The maximum absolute atomic E-state index is 10.7. The minimum atomic E-state index is 0.0769. The Morgan fingerprint density at radius 2 is 2.04 bits per heavy atom. The van der Waals surface area contributed by atoms with Crippen LogP contribution in [-0.4, -0.2) is 16.4 Å². The summed E-state index contributed by atoms with van der Waals surface area (Å²) in [7, 11) is 0. The first-order chi connectivity index (χ1) is 11.2. The van der Waals surface area contributed by atoms with Crippen LogP contribution >= 0.6 is 23.2 Å². The van der Waals surface area contributed by atoms with Gasteiger partial charge in [-0.2, -0.15) is 4.98 Å². The molecule has 0 spiro atoms. The van der Waals surface area contributed by atoms with E-state index in [0.717, 1.165) is 6.29 Å². The summed E-state index contributed by atoms with van der Waals surface area (Å²) in [5, 5.41) is 4.87. The predicted octanol–water partition coefficient (Wildman–Crippen LogP) is 4.43. The third-order valence-electron chi connectivity index (χ3n) is 2.99. The molecule has 1 aromatic heterocycles. The van der Waals surface area contributed by atoms with Crippen LogP contribution in [-0.2, 0) is 6.61 Å². The fourth-order valence-electron chi connectivity index (χ4n) is 1.91. The van der Waals surface area contributed by atoms with E-state index < -0.39 is 0 Å². The second-order valence-corrected chi connectivity index (χ2v) is 5.46. The van der Waals surface area contributed by atoms with E-state index in [-0.39, 0.29) is 12.5 Å². The molecule has 2 aromatic carbocycles. The van der Waals surface area contributed by atoms with Crippen LogP contribution in [0.4, 0.5) is 0 Å². The van der Waals surface area contributed by atoms with Crippen molar-refractivity contribution in [2.45, 2.75) is 6.61 Å². The molecule has 0 aliphatic heterocycles. The zero-order valence-corrected chi connectivity index (χ0v) is 13.2. The number of nitrogens with zero attached hydrogens (tertiary/aromatic N) is 2. The van der Waals surface area contributed by atoms with E-state index in [1.165, 1.54) is 0 Å². The van der Waals surface area contributed by atoms with E-state index >= 15 is 0 Å². The average Bonchev–Trinajstić information content (AvgIpc) is 3.04. The highest BCUT2D eigenvalue weighted by atomic mass is 35.5. The SMILES string of the molecule is O=Cc1cccc(OCc2nc(-c3cc(Cl)ccc3Cl)no2)c1. The normalized spacial score (nSPS) is 10.5. The molecule has 0 aliphatic rings. The lowest BCUT2D eigenvalue weighted by Gasteiger charge is -2.02. The summed E-state index contributed by atoms with van der Waals surface area (Å²) in [6, 6.07) is 11.8. The predicted molar refractivity (Wildman–Crippen MR) is 85.9 cm³/mol. The van der Waals surface area contributed by atoms with Crippen LogP contribution in [0.3, 0.4) is 0 Å². The van der Waals surface area contributed by atoms with Gasteiger partial charge in [0.15, 0.2) is 6.61 Å². The van der Waals surface area contributed by atoms with Crippen LogP contribution in [0.1, 0.15) is 16.2 Å². The molecule has 3 rings (SSSR count). The summed E-state index contributed by atoms with van der Waals surface area (Å²) in [6.07, 6.45) is 0.749. The van der Waals surface area contributed by atoms with Crippen molar-refractivity contribution >= 4 is 29.5 Å². The van der Waals surface area contributed by atoms with Crippen molar-refractivity contribution in [3.05, 3.63) is 64.0 Å². The second-order valence-electron chi connectivity index (χ2n) is 4.61. The van der Waals surface area contributed by atoms with E-state index in [0.29, 0.717) is 32.7 Å². The number of carbonyl (C=O) groups excluding carboxylic acids is 1. The first-order valence-corrected chi connectivity index (χ1v) is 7.37. The lowest BCUT2D eigenvalue weighted by atomic mass is 10.2. The van der Waals surface area contributed by atoms with Crippen molar-refractivity contribution in [1.82, 2.24) is 10.1 Å². The smallest absolute Gasteiger partial charge is 0.264 e. The molecule has 3 aromatic rings. The van der Waals surface area contributed by atoms with Crippen LogP contribution in [0, 0.1) is 0 Å². The van der Waals surface area contributed by atoms with Crippen LogP contribution < -0.4 is 4.74 Å². The van der Waals surface area contributed by atoms with Gasteiger partial charge >= 0.3 is 0 Å². The lowest BCUT2D eigenvalue weighted by molar-refractivity contribution is 0.112. The van der Waals surface area contributed by atoms with E-state index in [9.17, 15) is 4.79 Å². The van der Waals surface area contributed by atoms with Gasteiger partial charge in [-0.25, -0.2) is 0 Å². The molecule has 0 fully saturated rings. The zero-order valence-electron chi connectivity index (χ0n) is 11.7. The number of hydrogen-bond acceptors (Lipinski definition) is 5. The van der Waals surface area contributed by atoms with Gasteiger partial charge < -0.3 is 9.26 Å². The Bertz CT molecular complexity index is 849. The van der Waals surface area contributed by atoms with Crippen molar-refractivity contribution in [3.63, 3.8) is 0 Å². The number of aldehydes is 1. The first kappa shape index (κ1) is 15.5. The van der Waals surface area contributed by atoms with Crippen molar-refractivity contribution in [2.75, 3.05) is 0 Å². The molecule has 1 heterocycles. The van der Waals surface area contributed by atoms with Crippen molar-refractivity contribution in [3.8, 4) is 17.1 Å². The summed E-state index contributed by atoms with van der Waals surface area (Å²) < 4.78 is 10.7. The molecule has 0 amide bonds. The molecule has 23 heavy (non-hydrogen) atoms. The highest BCUT2D eigenvalue weighted by Crippen LogP contribution is 2.28.